The van der Waals surface area contributed by atoms with Crippen molar-refractivity contribution >= 4 is 15.9 Å². The van der Waals surface area contributed by atoms with E-state index in [-0.39, 0.29) is 5.56 Å². The van der Waals surface area contributed by atoms with Gasteiger partial charge in [0.15, 0.2) is 0 Å². The fourth-order valence-corrected chi connectivity index (χ4v) is 1.16. The summed E-state index contributed by atoms with van der Waals surface area (Å²) < 4.78 is 6.31. The molecule has 0 atom stereocenters. The Morgan fingerprint density at radius 3 is 3.00 bits per heavy atom. The summed E-state index contributed by atoms with van der Waals surface area (Å²) in [6.45, 7) is 0.612. The molecule has 0 saturated carbocycles. The molecule has 0 spiro atoms. The van der Waals surface area contributed by atoms with Crippen molar-refractivity contribution in [3.05, 3.63) is 22.5 Å². The summed E-state index contributed by atoms with van der Waals surface area (Å²) >= 11 is 3.29. The summed E-state index contributed by atoms with van der Waals surface area (Å²) in [7, 11) is 1.53. The van der Waals surface area contributed by atoms with Gasteiger partial charge < -0.3 is 4.74 Å². The lowest BCUT2D eigenvalue weighted by molar-refractivity contribution is 0.375. The zero-order valence-corrected chi connectivity index (χ0v) is 8.95. The molecule has 0 aliphatic carbocycles. The van der Waals surface area contributed by atoms with Crippen LogP contribution in [0.15, 0.2) is 16.9 Å². The van der Waals surface area contributed by atoms with Gasteiger partial charge in [-0.1, -0.05) is 15.9 Å². The molecular weight excluding hydrogens is 236 g/mol. The Morgan fingerprint density at radius 2 is 2.38 bits per heavy atom. The monoisotopic (exact) mass is 246 g/mol. The second kappa shape index (κ2) is 5.01. The van der Waals surface area contributed by atoms with E-state index >= 15 is 0 Å². The second-order valence-electron chi connectivity index (χ2n) is 2.48. The molecule has 1 heterocycles. The van der Waals surface area contributed by atoms with E-state index in [1.165, 1.54) is 17.9 Å². The summed E-state index contributed by atoms with van der Waals surface area (Å²) in [6.07, 6.45) is 0.875. The third-order valence-electron chi connectivity index (χ3n) is 1.55. The number of alkyl halides is 1. The van der Waals surface area contributed by atoms with Crippen molar-refractivity contribution < 1.29 is 4.74 Å². The zero-order valence-electron chi connectivity index (χ0n) is 7.36. The van der Waals surface area contributed by atoms with Crippen LogP contribution in [0.2, 0.25) is 0 Å². The van der Waals surface area contributed by atoms with Gasteiger partial charge in [-0.25, -0.2) is 4.68 Å². The fraction of sp³-hybridized carbons (Fsp3) is 0.500. The summed E-state index contributed by atoms with van der Waals surface area (Å²) in [5.41, 5.74) is -0.0956. The first-order valence-electron chi connectivity index (χ1n) is 3.96. The van der Waals surface area contributed by atoms with Crippen LogP contribution in [0, 0.1) is 0 Å². The summed E-state index contributed by atoms with van der Waals surface area (Å²) in [4.78, 5) is 11.2. The van der Waals surface area contributed by atoms with E-state index in [0.29, 0.717) is 12.4 Å². The van der Waals surface area contributed by atoms with Gasteiger partial charge in [0.1, 0.15) is 0 Å². The van der Waals surface area contributed by atoms with Crippen LogP contribution in [0.25, 0.3) is 0 Å². The molecule has 0 N–H and O–H groups in total. The molecule has 0 fully saturated rings. The lowest BCUT2D eigenvalue weighted by Crippen LogP contribution is -2.22. The van der Waals surface area contributed by atoms with Gasteiger partial charge >= 0.3 is 0 Å². The molecule has 0 unspecified atom stereocenters. The van der Waals surface area contributed by atoms with Gasteiger partial charge in [-0.3, -0.25) is 4.79 Å². The van der Waals surface area contributed by atoms with Gasteiger partial charge in [-0.05, 0) is 6.42 Å². The second-order valence-corrected chi connectivity index (χ2v) is 3.27. The summed E-state index contributed by atoms with van der Waals surface area (Å²) in [5.74, 6) is 0.467. The Hall–Kier alpha value is -0.840. The number of ether oxygens (including phenoxy) is 1. The van der Waals surface area contributed by atoms with Gasteiger partial charge in [-0.2, -0.15) is 0 Å². The lowest BCUT2D eigenvalue weighted by atomic mass is 10.5. The minimum absolute atomic E-state index is 0.0956. The first kappa shape index (κ1) is 10.2. The van der Waals surface area contributed by atoms with Crippen LogP contribution in [0.1, 0.15) is 6.42 Å². The number of hydrogen-bond acceptors (Lipinski definition) is 3. The molecule has 72 valence electrons. The predicted molar refractivity (Wildman–Crippen MR) is 53.5 cm³/mol. The lowest BCUT2D eigenvalue weighted by Gasteiger charge is -2.04. The van der Waals surface area contributed by atoms with Crippen LogP contribution in [-0.2, 0) is 6.54 Å². The van der Waals surface area contributed by atoms with Crippen LogP contribution in [0.4, 0.5) is 0 Å². The molecule has 1 aromatic rings. The Kier molecular flexibility index (Phi) is 3.95. The highest BCUT2D eigenvalue weighted by molar-refractivity contribution is 9.09. The molecule has 0 aliphatic heterocycles. The van der Waals surface area contributed by atoms with Crippen LogP contribution < -0.4 is 10.3 Å². The minimum atomic E-state index is -0.0956. The molecule has 1 rings (SSSR count). The molecule has 1 aromatic heterocycles. The maximum Gasteiger partial charge on any atom is 0.266 e. The maximum absolute atomic E-state index is 11.2. The summed E-state index contributed by atoms with van der Waals surface area (Å²) in [6, 6.07) is 3.02. The molecule has 4 nitrogen and oxygen atoms in total. The predicted octanol–water partition coefficient (Wildman–Crippen LogP) is 1.04. The van der Waals surface area contributed by atoms with Gasteiger partial charge in [0.05, 0.1) is 7.11 Å². The van der Waals surface area contributed by atoms with Crippen LogP contribution in [0.3, 0.4) is 0 Å². The quantitative estimate of drug-likeness (QED) is 0.746. The number of aromatic nitrogens is 2. The fourth-order valence-electron chi connectivity index (χ4n) is 0.909. The molecular formula is C8H11BrN2O2. The first-order chi connectivity index (χ1) is 6.27. The van der Waals surface area contributed by atoms with Crippen LogP contribution >= 0.6 is 15.9 Å². The molecule has 0 amide bonds. The number of nitrogens with zero attached hydrogens (tertiary/aromatic N) is 2. The minimum Gasteiger partial charge on any atom is -0.480 e. The van der Waals surface area contributed by atoms with E-state index < -0.39 is 0 Å². The number of hydrogen-bond donors (Lipinski definition) is 0. The Balaban J connectivity index is 2.84. The third kappa shape index (κ3) is 2.84. The van der Waals surface area contributed by atoms with Gasteiger partial charge in [0.25, 0.3) is 5.56 Å². The Bertz CT molecular complexity index is 324. The van der Waals surface area contributed by atoms with Crippen LogP contribution in [-0.4, -0.2) is 22.2 Å². The van der Waals surface area contributed by atoms with E-state index in [4.69, 9.17) is 4.74 Å². The molecule has 0 aromatic carbocycles. The highest BCUT2D eigenvalue weighted by Crippen LogP contribution is 2.00. The number of methoxy groups -OCH3 is 1. The Morgan fingerprint density at radius 1 is 1.62 bits per heavy atom. The van der Waals surface area contributed by atoms with E-state index in [1.54, 1.807) is 6.07 Å². The number of halogens is 1. The topological polar surface area (TPSA) is 44.1 Å². The number of rotatable bonds is 4. The van der Waals surface area contributed by atoms with Crippen molar-refractivity contribution in [2.24, 2.45) is 0 Å². The Labute approximate surface area is 84.7 Å². The molecule has 13 heavy (non-hydrogen) atoms. The first-order valence-corrected chi connectivity index (χ1v) is 5.08. The van der Waals surface area contributed by atoms with Crippen molar-refractivity contribution in [3.63, 3.8) is 0 Å². The van der Waals surface area contributed by atoms with Crippen LogP contribution in [0.5, 0.6) is 5.88 Å². The van der Waals surface area contributed by atoms with Gasteiger partial charge in [0.2, 0.25) is 5.88 Å². The standard InChI is InChI=1S/C8H11BrN2O2/c1-13-7-3-4-8(12)11(10-7)6-2-5-9/h3-4H,2,5-6H2,1H3. The van der Waals surface area contributed by atoms with E-state index in [0.717, 1.165) is 11.8 Å². The molecule has 0 bridgehead atoms. The average molecular weight is 247 g/mol. The highest BCUT2D eigenvalue weighted by Gasteiger charge is 1.98. The zero-order chi connectivity index (χ0) is 9.68. The van der Waals surface area contributed by atoms with E-state index in [2.05, 4.69) is 21.0 Å². The average Bonchev–Trinajstić information content (AvgIpc) is 2.17. The van der Waals surface area contributed by atoms with Gasteiger partial charge in [-0.15, -0.1) is 5.10 Å². The SMILES string of the molecule is COc1ccc(=O)n(CCCBr)n1. The third-order valence-corrected chi connectivity index (χ3v) is 2.12. The maximum atomic E-state index is 11.2. The number of aryl methyl sites for hydroxylation is 1. The molecule has 5 heteroatoms. The smallest absolute Gasteiger partial charge is 0.266 e. The van der Waals surface area contributed by atoms with E-state index in [9.17, 15) is 4.79 Å². The normalized spacial score (nSPS) is 10.0. The van der Waals surface area contributed by atoms with Crippen molar-refractivity contribution in [2.75, 3.05) is 12.4 Å². The van der Waals surface area contributed by atoms with E-state index in [1.807, 2.05) is 0 Å². The molecule has 0 radical (unpaired) electrons. The van der Waals surface area contributed by atoms with Gasteiger partial charge in [0, 0.05) is 24.0 Å². The summed E-state index contributed by atoms with van der Waals surface area (Å²) in [5, 5.41) is 4.85. The van der Waals surface area contributed by atoms with Crippen molar-refractivity contribution in [1.29, 1.82) is 0 Å². The molecule has 0 saturated heterocycles. The largest absolute Gasteiger partial charge is 0.480 e. The molecule has 0 aliphatic rings. The highest BCUT2D eigenvalue weighted by atomic mass is 79.9. The van der Waals surface area contributed by atoms with Crippen molar-refractivity contribution in [2.45, 2.75) is 13.0 Å². The van der Waals surface area contributed by atoms with Crippen molar-refractivity contribution in [3.8, 4) is 5.88 Å². The van der Waals surface area contributed by atoms with Crippen molar-refractivity contribution in [1.82, 2.24) is 9.78 Å².